The lowest BCUT2D eigenvalue weighted by atomic mass is 9.83. The van der Waals surface area contributed by atoms with E-state index in [0.29, 0.717) is 11.8 Å². The number of likely N-dealkylation sites (tertiary alicyclic amines) is 1. The van der Waals surface area contributed by atoms with Gasteiger partial charge in [-0.05, 0) is 37.0 Å². The van der Waals surface area contributed by atoms with Crippen molar-refractivity contribution in [2.45, 2.75) is 38.7 Å². The van der Waals surface area contributed by atoms with Gasteiger partial charge in [-0.3, -0.25) is 4.79 Å². The van der Waals surface area contributed by atoms with Crippen LogP contribution in [0, 0.1) is 5.92 Å². The summed E-state index contributed by atoms with van der Waals surface area (Å²) in [5.41, 5.74) is 1.29. The van der Waals surface area contributed by atoms with Crippen molar-refractivity contribution in [2.75, 3.05) is 13.1 Å². The maximum absolute atomic E-state index is 12.0. The van der Waals surface area contributed by atoms with Crippen molar-refractivity contribution >= 4 is 5.91 Å². The smallest absolute Gasteiger partial charge is 0.225 e. The Morgan fingerprint density at radius 3 is 2.79 bits per heavy atom. The number of nitrogens with zero attached hydrogens (tertiary/aromatic N) is 1. The van der Waals surface area contributed by atoms with Crippen LogP contribution in [-0.4, -0.2) is 30.0 Å². The van der Waals surface area contributed by atoms with Gasteiger partial charge in [0, 0.05) is 5.92 Å². The Labute approximate surface area is 114 Å². The molecular weight excluding hydrogens is 238 g/mol. The van der Waals surface area contributed by atoms with Crippen molar-refractivity contribution in [1.82, 2.24) is 4.90 Å². The van der Waals surface area contributed by atoms with Crippen LogP contribution in [0.2, 0.25) is 0 Å². The molecule has 1 saturated carbocycles. The van der Waals surface area contributed by atoms with E-state index in [1.165, 1.54) is 12.0 Å². The molecule has 1 saturated heterocycles. The summed E-state index contributed by atoms with van der Waals surface area (Å²) >= 11 is 0. The Kier molecular flexibility index (Phi) is 3.45. The molecule has 2 fully saturated rings. The van der Waals surface area contributed by atoms with Crippen LogP contribution in [0.4, 0.5) is 0 Å². The van der Waals surface area contributed by atoms with Crippen molar-refractivity contribution in [3.8, 4) is 5.75 Å². The summed E-state index contributed by atoms with van der Waals surface area (Å²) in [6, 6.07) is 8.23. The second-order valence-electron chi connectivity index (χ2n) is 5.61. The van der Waals surface area contributed by atoms with Crippen molar-refractivity contribution in [1.29, 1.82) is 0 Å². The fourth-order valence-corrected chi connectivity index (χ4v) is 2.64. The van der Waals surface area contributed by atoms with Gasteiger partial charge in [-0.25, -0.2) is 0 Å². The summed E-state index contributed by atoms with van der Waals surface area (Å²) in [5.74, 6) is 1.58. The van der Waals surface area contributed by atoms with Gasteiger partial charge in [0.2, 0.25) is 5.91 Å². The highest BCUT2D eigenvalue weighted by Crippen LogP contribution is 2.30. The van der Waals surface area contributed by atoms with E-state index in [1.54, 1.807) is 0 Å². The van der Waals surface area contributed by atoms with Crippen molar-refractivity contribution < 1.29 is 9.53 Å². The van der Waals surface area contributed by atoms with Gasteiger partial charge in [-0.2, -0.15) is 0 Å². The fraction of sp³-hybridized carbons (Fsp3) is 0.562. The molecule has 1 heterocycles. The number of rotatable bonds is 4. The zero-order valence-corrected chi connectivity index (χ0v) is 11.5. The van der Waals surface area contributed by atoms with Crippen LogP contribution in [0.3, 0.4) is 0 Å². The molecule has 0 N–H and O–H groups in total. The summed E-state index contributed by atoms with van der Waals surface area (Å²) in [6.07, 6.45) is 4.58. The minimum atomic E-state index is 0.177. The van der Waals surface area contributed by atoms with Gasteiger partial charge in [0.1, 0.15) is 11.9 Å². The Morgan fingerprint density at radius 1 is 1.37 bits per heavy atom. The molecule has 3 heteroatoms. The maximum atomic E-state index is 12.0. The molecule has 2 aliphatic rings. The number of hydrogen-bond acceptors (Lipinski definition) is 2. The first-order valence-corrected chi connectivity index (χ1v) is 7.30. The Morgan fingerprint density at radius 2 is 2.16 bits per heavy atom. The molecule has 1 aliphatic heterocycles. The molecule has 1 amide bonds. The summed E-state index contributed by atoms with van der Waals surface area (Å²) in [4.78, 5) is 13.9. The van der Waals surface area contributed by atoms with Gasteiger partial charge in [-0.1, -0.05) is 25.5 Å². The van der Waals surface area contributed by atoms with Crippen LogP contribution in [-0.2, 0) is 11.2 Å². The quantitative estimate of drug-likeness (QED) is 0.832. The summed E-state index contributed by atoms with van der Waals surface area (Å²) in [6.45, 7) is 3.65. The Hall–Kier alpha value is -1.51. The standard InChI is InChI=1S/C16H21NO2/c1-2-12-5-3-8-14(9-12)19-15-10-17(11-15)16(18)13-6-4-7-13/h3,5,8-9,13,15H,2,4,6-7,10-11H2,1H3. The first-order valence-electron chi connectivity index (χ1n) is 7.30. The molecule has 0 aromatic heterocycles. The number of ether oxygens (including phenoxy) is 1. The third-order valence-electron chi connectivity index (χ3n) is 4.22. The molecule has 0 radical (unpaired) electrons. The number of carbonyl (C=O) groups is 1. The Balaban J connectivity index is 1.49. The molecule has 102 valence electrons. The van der Waals surface area contributed by atoms with E-state index >= 15 is 0 Å². The second kappa shape index (κ2) is 5.24. The zero-order chi connectivity index (χ0) is 13.2. The maximum Gasteiger partial charge on any atom is 0.225 e. The average molecular weight is 259 g/mol. The van der Waals surface area contributed by atoms with Gasteiger partial charge >= 0.3 is 0 Å². The molecule has 19 heavy (non-hydrogen) atoms. The lowest BCUT2D eigenvalue weighted by Crippen LogP contribution is -2.58. The van der Waals surface area contributed by atoms with Gasteiger partial charge in [0.25, 0.3) is 0 Å². The largest absolute Gasteiger partial charge is 0.487 e. The molecule has 1 aliphatic carbocycles. The Bertz CT molecular complexity index is 462. The third kappa shape index (κ3) is 2.60. The van der Waals surface area contributed by atoms with Crippen LogP contribution < -0.4 is 4.74 Å². The number of hydrogen-bond donors (Lipinski definition) is 0. The van der Waals surface area contributed by atoms with Crippen molar-refractivity contribution in [2.24, 2.45) is 5.92 Å². The fourth-order valence-electron chi connectivity index (χ4n) is 2.64. The molecular formula is C16H21NO2. The van der Waals surface area contributed by atoms with E-state index in [1.807, 2.05) is 17.0 Å². The lowest BCUT2D eigenvalue weighted by Gasteiger charge is -2.42. The van der Waals surface area contributed by atoms with Crippen molar-refractivity contribution in [3.63, 3.8) is 0 Å². The molecule has 1 aromatic rings. The minimum Gasteiger partial charge on any atom is -0.487 e. The summed E-state index contributed by atoms with van der Waals surface area (Å²) in [5, 5.41) is 0. The van der Waals surface area contributed by atoms with Gasteiger partial charge in [0.05, 0.1) is 13.1 Å². The number of benzene rings is 1. The highest BCUT2D eigenvalue weighted by molar-refractivity contribution is 5.80. The number of aryl methyl sites for hydroxylation is 1. The van der Waals surface area contributed by atoms with Crippen LogP contribution in [0.1, 0.15) is 31.7 Å². The van der Waals surface area contributed by atoms with Crippen LogP contribution in [0.15, 0.2) is 24.3 Å². The van der Waals surface area contributed by atoms with E-state index in [2.05, 4.69) is 19.1 Å². The van der Waals surface area contributed by atoms with Crippen LogP contribution in [0.25, 0.3) is 0 Å². The summed E-state index contributed by atoms with van der Waals surface area (Å²) < 4.78 is 5.91. The molecule has 0 bridgehead atoms. The van der Waals surface area contributed by atoms with E-state index in [4.69, 9.17) is 4.74 Å². The summed E-state index contributed by atoms with van der Waals surface area (Å²) in [7, 11) is 0. The predicted molar refractivity (Wildman–Crippen MR) is 74.2 cm³/mol. The van der Waals surface area contributed by atoms with Crippen LogP contribution in [0.5, 0.6) is 5.75 Å². The highest BCUT2D eigenvalue weighted by Gasteiger charge is 2.37. The highest BCUT2D eigenvalue weighted by atomic mass is 16.5. The van der Waals surface area contributed by atoms with E-state index in [9.17, 15) is 4.79 Å². The monoisotopic (exact) mass is 259 g/mol. The first-order chi connectivity index (χ1) is 9.26. The van der Waals surface area contributed by atoms with Gasteiger partial charge in [0.15, 0.2) is 0 Å². The van der Waals surface area contributed by atoms with Crippen molar-refractivity contribution in [3.05, 3.63) is 29.8 Å². The average Bonchev–Trinajstić information content (AvgIpc) is 2.31. The predicted octanol–water partition coefficient (Wildman–Crippen LogP) is 2.64. The first kappa shape index (κ1) is 12.5. The normalized spacial score (nSPS) is 19.7. The van der Waals surface area contributed by atoms with Gasteiger partial charge in [-0.15, -0.1) is 0 Å². The molecule has 0 unspecified atom stereocenters. The molecule has 3 rings (SSSR count). The third-order valence-corrected chi connectivity index (χ3v) is 4.22. The molecule has 3 nitrogen and oxygen atoms in total. The van der Waals surface area contributed by atoms with E-state index in [-0.39, 0.29) is 6.10 Å². The zero-order valence-electron chi connectivity index (χ0n) is 11.5. The minimum absolute atomic E-state index is 0.177. The molecule has 0 spiro atoms. The molecule has 0 atom stereocenters. The van der Waals surface area contributed by atoms with Gasteiger partial charge < -0.3 is 9.64 Å². The second-order valence-corrected chi connectivity index (χ2v) is 5.61. The topological polar surface area (TPSA) is 29.5 Å². The lowest BCUT2D eigenvalue weighted by molar-refractivity contribution is -0.147. The van der Waals surface area contributed by atoms with E-state index < -0.39 is 0 Å². The van der Waals surface area contributed by atoms with Crippen LogP contribution >= 0.6 is 0 Å². The molecule has 1 aromatic carbocycles. The number of amides is 1. The number of carbonyl (C=O) groups excluding carboxylic acids is 1. The SMILES string of the molecule is CCc1cccc(OC2CN(C(=O)C3CCC3)C2)c1. The van der Waals surface area contributed by atoms with E-state index in [0.717, 1.165) is 38.1 Å².